The molecule has 1 heterocycles. The van der Waals surface area contributed by atoms with E-state index in [1.54, 1.807) is 32.0 Å². The van der Waals surface area contributed by atoms with E-state index < -0.39 is 23.1 Å². The number of ether oxygens (including phenoxy) is 2. The second kappa shape index (κ2) is 9.07. The molecule has 0 saturated carbocycles. The van der Waals surface area contributed by atoms with E-state index in [-0.39, 0.29) is 29.1 Å². The fourth-order valence-corrected chi connectivity index (χ4v) is 4.03. The van der Waals surface area contributed by atoms with Crippen LogP contribution < -0.4 is 14.9 Å². The predicted molar refractivity (Wildman–Crippen MR) is 132 cm³/mol. The molecule has 0 aliphatic carbocycles. The number of hydrogen-bond acceptors (Lipinski definition) is 4. The highest BCUT2D eigenvalue weighted by Gasteiger charge is 2.40. The molecule has 0 atom stereocenters. The molecule has 0 aliphatic heterocycles. The molecule has 0 spiro atoms. The Bertz CT molecular complexity index is 1650. The van der Waals surface area contributed by atoms with Gasteiger partial charge in [-0.2, -0.15) is 13.2 Å². The molecule has 5 aromatic rings. The second-order valence-corrected chi connectivity index (χ2v) is 8.54. The molecule has 0 saturated heterocycles. The van der Waals surface area contributed by atoms with Crippen LogP contribution in [0.4, 0.5) is 13.2 Å². The number of fused-ring (bicyclic) bond motifs is 2. The Morgan fingerprint density at radius 3 is 2.44 bits per heavy atom. The number of hydrogen-bond donors (Lipinski definition) is 0. The fourth-order valence-electron chi connectivity index (χ4n) is 4.03. The van der Waals surface area contributed by atoms with Gasteiger partial charge in [0.25, 0.3) is 5.76 Å². The first-order valence-electron chi connectivity index (χ1n) is 11.2. The van der Waals surface area contributed by atoms with Gasteiger partial charge in [0, 0.05) is 6.07 Å². The third kappa shape index (κ3) is 4.52. The third-order valence-corrected chi connectivity index (χ3v) is 5.91. The zero-order valence-electron chi connectivity index (χ0n) is 19.5. The van der Waals surface area contributed by atoms with E-state index in [4.69, 9.17) is 13.9 Å². The highest BCUT2D eigenvalue weighted by atomic mass is 19.4. The van der Waals surface area contributed by atoms with E-state index in [1.807, 2.05) is 42.5 Å². The summed E-state index contributed by atoms with van der Waals surface area (Å²) in [6, 6.07) is 22.9. The molecule has 0 bridgehead atoms. The van der Waals surface area contributed by atoms with Crippen molar-refractivity contribution in [2.45, 2.75) is 26.6 Å². The Labute approximate surface area is 204 Å². The lowest BCUT2D eigenvalue weighted by molar-refractivity contribution is -0.154. The third-order valence-electron chi connectivity index (χ3n) is 5.91. The van der Waals surface area contributed by atoms with E-state index in [0.717, 1.165) is 21.9 Å². The predicted octanol–water partition coefficient (Wildman–Crippen LogP) is 7.95. The van der Waals surface area contributed by atoms with Crippen LogP contribution in [0, 0.1) is 13.8 Å². The van der Waals surface area contributed by atoms with Crippen LogP contribution in [0.3, 0.4) is 0 Å². The topological polar surface area (TPSA) is 48.7 Å². The summed E-state index contributed by atoms with van der Waals surface area (Å²) in [6.07, 6.45) is -4.94. The van der Waals surface area contributed by atoms with Gasteiger partial charge < -0.3 is 13.9 Å². The van der Waals surface area contributed by atoms with Crippen molar-refractivity contribution in [1.82, 2.24) is 0 Å². The minimum Gasteiger partial charge on any atom is -0.489 e. The Kier molecular flexibility index (Phi) is 5.92. The van der Waals surface area contributed by atoms with E-state index in [1.165, 1.54) is 18.2 Å². The van der Waals surface area contributed by atoms with Crippen molar-refractivity contribution in [3.8, 4) is 17.2 Å². The van der Waals surface area contributed by atoms with Gasteiger partial charge in [-0.25, -0.2) is 0 Å². The van der Waals surface area contributed by atoms with Crippen LogP contribution in [-0.2, 0) is 12.8 Å². The van der Waals surface area contributed by atoms with Gasteiger partial charge in [0.2, 0.25) is 11.2 Å². The van der Waals surface area contributed by atoms with E-state index in [0.29, 0.717) is 5.56 Å². The molecule has 7 heteroatoms. The van der Waals surface area contributed by atoms with Crippen LogP contribution in [0.25, 0.3) is 21.7 Å². The molecule has 4 aromatic carbocycles. The largest absolute Gasteiger partial charge is 0.489 e. The molecule has 0 unspecified atom stereocenters. The molecule has 36 heavy (non-hydrogen) atoms. The van der Waals surface area contributed by atoms with Crippen molar-refractivity contribution in [2.24, 2.45) is 0 Å². The lowest BCUT2D eigenvalue weighted by Gasteiger charge is -2.15. The van der Waals surface area contributed by atoms with Gasteiger partial charge in [0.1, 0.15) is 23.7 Å². The van der Waals surface area contributed by atoms with Gasteiger partial charge in [-0.3, -0.25) is 4.79 Å². The maximum Gasteiger partial charge on any atom is 0.453 e. The standard InChI is InChI=1S/C29H21F3O4/c1-17-10-11-18(2)24(14-17)35-27-26(33)23-13-12-21(15-25(23)36-28(27)29(30,31)32)34-16-20-8-5-7-19-6-3-4-9-22(19)20/h3-15H,16H2,1-2H3. The SMILES string of the molecule is Cc1ccc(C)c(Oc2c(C(F)(F)F)oc3cc(OCc4cccc5ccccc45)ccc3c2=O)c1. The van der Waals surface area contributed by atoms with Gasteiger partial charge in [0.05, 0.1) is 5.39 Å². The lowest BCUT2D eigenvalue weighted by atomic mass is 10.1. The normalized spacial score (nSPS) is 11.7. The molecule has 0 fully saturated rings. The molecule has 5 rings (SSSR count). The maximum absolute atomic E-state index is 13.9. The van der Waals surface area contributed by atoms with Crippen molar-refractivity contribution in [1.29, 1.82) is 0 Å². The zero-order chi connectivity index (χ0) is 25.4. The Morgan fingerprint density at radius 2 is 1.64 bits per heavy atom. The van der Waals surface area contributed by atoms with Gasteiger partial charge in [0.15, 0.2) is 0 Å². The number of rotatable bonds is 5. The van der Waals surface area contributed by atoms with E-state index in [9.17, 15) is 18.0 Å². The highest BCUT2D eigenvalue weighted by Crippen LogP contribution is 2.39. The number of alkyl halides is 3. The van der Waals surface area contributed by atoms with Crippen molar-refractivity contribution >= 4 is 21.7 Å². The van der Waals surface area contributed by atoms with Crippen LogP contribution in [0.2, 0.25) is 0 Å². The zero-order valence-corrected chi connectivity index (χ0v) is 19.5. The molecule has 0 N–H and O–H groups in total. The second-order valence-electron chi connectivity index (χ2n) is 8.54. The van der Waals surface area contributed by atoms with Crippen molar-refractivity contribution < 1.29 is 27.1 Å². The summed E-state index contributed by atoms with van der Waals surface area (Å²) in [5.41, 5.74) is 1.14. The van der Waals surface area contributed by atoms with Crippen LogP contribution >= 0.6 is 0 Å². The van der Waals surface area contributed by atoms with Crippen LogP contribution in [0.1, 0.15) is 22.5 Å². The summed E-state index contributed by atoms with van der Waals surface area (Å²) >= 11 is 0. The summed E-state index contributed by atoms with van der Waals surface area (Å²) in [6.45, 7) is 3.65. The van der Waals surface area contributed by atoms with E-state index >= 15 is 0 Å². The highest BCUT2D eigenvalue weighted by molar-refractivity contribution is 5.85. The van der Waals surface area contributed by atoms with Crippen LogP contribution in [-0.4, -0.2) is 0 Å². The van der Waals surface area contributed by atoms with Gasteiger partial charge in [-0.05, 0) is 59.5 Å². The van der Waals surface area contributed by atoms with Gasteiger partial charge in [-0.1, -0.05) is 54.6 Å². The monoisotopic (exact) mass is 490 g/mol. The number of aryl methyl sites for hydroxylation is 2. The average Bonchev–Trinajstić information content (AvgIpc) is 2.85. The molecule has 0 aliphatic rings. The summed E-state index contributed by atoms with van der Waals surface area (Å²) in [5, 5.41) is 2.02. The summed E-state index contributed by atoms with van der Waals surface area (Å²) < 4.78 is 58.3. The molecule has 1 aromatic heterocycles. The first-order valence-corrected chi connectivity index (χ1v) is 11.2. The minimum absolute atomic E-state index is 0.0409. The Balaban J connectivity index is 1.53. The van der Waals surface area contributed by atoms with Gasteiger partial charge >= 0.3 is 6.18 Å². The van der Waals surface area contributed by atoms with Crippen LogP contribution in [0.15, 0.2) is 88.1 Å². The van der Waals surface area contributed by atoms with Crippen molar-refractivity contribution in [3.05, 3.63) is 112 Å². The number of benzene rings is 4. The fraction of sp³-hybridized carbons (Fsp3) is 0.138. The Hall–Kier alpha value is -4.26. The smallest absolute Gasteiger partial charge is 0.453 e. The quantitative estimate of drug-likeness (QED) is 0.251. The van der Waals surface area contributed by atoms with Crippen molar-refractivity contribution in [3.63, 3.8) is 0 Å². The maximum atomic E-state index is 13.9. The van der Waals surface area contributed by atoms with Crippen molar-refractivity contribution in [2.75, 3.05) is 0 Å². The average molecular weight is 490 g/mol. The molecule has 0 amide bonds. The molecule has 0 radical (unpaired) electrons. The molecular weight excluding hydrogens is 469 g/mol. The molecular formula is C29H21F3O4. The first kappa shape index (κ1) is 23.5. The summed E-state index contributed by atoms with van der Waals surface area (Å²) in [5.74, 6) is -1.96. The minimum atomic E-state index is -4.94. The Morgan fingerprint density at radius 1 is 0.861 bits per heavy atom. The summed E-state index contributed by atoms with van der Waals surface area (Å²) in [4.78, 5) is 13.1. The molecule has 182 valence electrons. The van der Waals surface area contributed by atoms with Crippen LogP contribution in [0.5, 0.6) is 17.2 Å². The van der Waals surface area contributed by atoms with E-state index in [2.05, 4.69) is 0 Å². The van der Waals surface area contributed by atoms with Gasteiger partial charge in [-0.15, -0.1) is 0 Å². The molecule has 4 nitrogen and oxygen atoms in total. The number of halogens is 3. The first-order chi connectivity index (χ1) is 17.2. The lowest BCUT2D eigenvalue weighted by Crippen LogP contribution is -2.15. The summed E-state index contributed by atoms with van der Waals surface area (Å²) in [7, 11) is 0.